The van der Waals surface area contributed by atoms with Crippen molar-refractivity contribution in [1.82, 2.24) is 5.32 Å². The molecule has 0 bridgehead atoms. The average Bonchev–Trinajstić information content (AvgIpc) is 2.69. The second-order valence-electron chi connectivity index (χ2n) is 6.34. The van der Waals surface area contributed by atoms with E-state index in [9.17, 15) is 0 Å². The molecule has 3 heteroatoms. The quantitative estimate of drug-likeness (QED) is 0.556. The minimum atomic E-state index is 0.551. The van der Waals surface area contributed by atoms with Crippen LogP contribution < -0.4 is 14.8 Å². The predicted octanol–water partition coefficient (Wildman–Crippen LogP) is 4.81. The maximum absolute atomic E-state index is 5.72. The van der Waals surface area contributed by atoms with Crippen LogP contribution in [0.1, 0.15) is 30.9 Å². The van der Waals surface area contributed by atoms with Gasteiger partial charge < -0.3 is 14.8 Å². The lowest BCUT2D eigenvalue weighted by Gasteiger charge is -2.06. The zero-order chi connectivity index (χ0) is 18.5. The fraction of sp³-hybridized carbons (Fsp3) is 0.391. The van der Waals surface area contributed by atoms with Crippen molar-refractivity contribution >= 4 is 0 Å². The average molecular weight is 354 g/mol. The molecule has 0 fully saturated rings. The lowest BCUT2D eigenvalue weighted by molar-refractivity contribution is 0.350. The molecule has 3 nitrogen and oxygen atoms in total. The number of likely N-dealkylation sites (N-methyl/N-ethyl adjacent to an activating group) is 1. The molecule has 2 rings (SSSR count). The summed E-state index contributed by atoms with van der Waals surface area (Å²) in [7, 11) is 1.97. The van der Waals surface area contributed by atoms with Crippen molar-refractivity contribution in [2.75, 3.05) is 26.8 Å². The molecule has 0 radical (unpaired) electrons. The second-order valence-corrected chi connectivity index (χ2v) is 6.34. The first kappa shape index (κ1) is 20.1. The molecular formula is C23H31NO2. The van der Waals surface area contributed by atoms with Crippen LogP contribution in [0.25, 0.3) is 0 Å². The van der Waals surface area contributed by atoms with Crippen LogP contribution >= 0.6 is 0 Å². The first-order valence-corrected chi connectivity index (χ1v) is 9.55. The zero-order valence-electron chi connectivity index (χ0n) is 16.0. The lowest BCUT2D eigenvalue weighted by Crippen LogP contribution is -2.10. The summed E-state index contributed by atoms with van der Waals surface area (Å²) < 4.78 is 11.4. The molecule has 0 aliphatic carbocycles. The molecule has 1 N–H and O–H groups in total. The minimum Gasteiger partial charge on any atom is -0.490 e. The summed E-state index contributed by atoms with van der Waals surface area (Å²) >= 11 is 0. The highest BCUT2D eigenvalue weighted by molar-refractivity contribution is 5.28. The Labute approximate surface area is 158 Å². The molecule has 26 heavy (non-hydrogen) atoms. The summed E-state index contributed by atoms with van der Waals surface area (Å²) in [4.78, 5) is 0. The molecule has 2 aromatic carbocycles. The number of unbranched alkanes of at least 4 members (excludes halogenated alkanes) is 1. The van der Waals surface area contributed by atoms with Crippen molar-refractivity contribution in [1.29, 1.82) is 0 Å². The monoisotopic (exact) mass is 353 g/mol. The van der Waals surface area contributed by atoms with Gasteiger partial charge in [-0.15, -0.1) is 0 Å². The van der Waals surface area contributed by atoms with Crippen LogP contribution in [0.5, 0.6) is 11.5 Å². The highest BCUT2D eigenvalue weighted by Gasteiger charge is 1.96. The Morgan fingerprint density at radius 3 is 1.73 bits per heavy atom. The van der Waals surface area contributed by atoms with Crippen LogP contribution in [0.4, 0.5) is 0 Å². The molecule has 0 amide bonds. The van der Waals surface area contributed by atoms with Gasteiger partial charge in [0.2, 0.25) is 0 Å². The number of ether oxygens (including phenoxy) is 2. The Morgan fingerprint density at radius 1 is 0.769 bits per heavy atom. The van der Waals surface area contributed by atoms with Crippen LogP contribution in [-0.4, -0.2) is 26.8 Å². The van der Waals surface area contributed by atoms with E-state index in [-0.39, 0.29) is 0 Å². The molecule has 0 unspecified atom stereocenters. The van der Waals surface area contributed by atoms with Crippen molar-refractivity contribution in [3.05, 3.63) is 71.8 Å². The van der Waals surface area contributed by atoms with Crippen molar-refractivity contribution in [2.24, 2.45) is 0 Å². The maximum Gasteiger partial charge on any atom is 0.119 e. The molecule has 0 spiro atoms. The highest BCUT2D eigenvalue weighted by atomic mass is 16.5. The van der Waals surface area contributed by atoms with E-state index < -0.39 is 0 Å². The van der Waals surface area contributed by atoms with Crippen LogP contribution in [0.3, 0.4) is 0 Å². The van der Waals surface area contributed by atoms with Crippen molar-refractivity contribution in [3.8, 4) is 11.5 Å². The van der Waals surface area contributed by atoms with Gasteiger partial charge in [-0.2, -0.15) is 0 Å². The molecule has 140 valence electrons. The van der Waals surface area contributed by atoms with Gasteiger partial charge in [0.15, 0.2) is 0 Å². The van der Waals surface area contributed by atoms with Crippen LogP contribution in [0.15, 0.2) is 60.7 Å². The normalized spacial score (nSPS) is 11.0. The van der Waals surface area contributed by atoms with Crippen LogP contribution in [0, 0.1) is 0 Å². The molecule has 0 aromatic heterocycles. The number of hydrogen-bond donors (Lipinski definition) is 1. The Bertz CT molecular complexity index is 575. The van der Waals surface area contributed by atoms with Crippen molar-refractivity contribution in [2.45, 2.75) is 32.6 Å². The molecular weight excluding hydrogens is 322 g/mol. The summed E-state index contributed by atoms with van der Waals surface area (Å²) in [6.45, 7) is 4.31. The number of nitrogens with one attached hydrogen (secondary N) is 1. The zero-order valence-corrected chi connectivity index (χ0v) is 16.0. The molecule has 2 aromatic rings. The van der Waals surface area contributed by atoms with Gasteiger partial charge >= 0.3 is 0 Å². The Hall–Kier alpha value is -2.26. The van der Waals surface area contributed by atoms with E-state index in [1.54, 1.807) is 0 Å². The number of benzene rings is 2. The number of hydrogen-bond acceptors (Lipinski definition) is 3. The van der Waals surface area contributed by atoms with Crippen molar-refractivity contribution in [3.63, 3.8) is 0 Å². The maximum atomic E-state index is 5.72. The fourth-order valence-corrected chi connectivity index (χ4v) is 2.58. The van der Waals surface area contributed by atoms with Crippen LogP contribution in [-0.2, 0) is 12.8 Å². The van der Waals surface area contributed by atoms with Gasteiger partial charge in [-0.05, 0) is 80.4 Å². The van der Waals surface area contributed by atoms with E-state index in [2.05, 4.69) is 36.5 Å². The van der Waals surface area contributed by atoms with Gasteiger partial charge in [-0.25, -0.2) is 0 Å². The van der Waals surface area contributed by atoms with E-state index in [0.29, 0.717) is 13.2 Å². The fourth-order valence-electron chi connectivity index (χ4n) is 2.58. The van der Waals surface area contributed by atoms with Gasteiger partial charge in [0.05, 0.1) is 0 Å². The molecule has 0 heterocycles. The van der Waals surface area contributed by atoms with E-state index in [1.807, 2.05) is 43.5 Å². The van der Waals surface area contributed by atoms with Gasteiger partial charge in [-0.3, -0.25) is 0 Å². The standard InChI is InChI=1S/C23H31NO2/c1-3-4-7-20-8-12-22(13-9-20)25-18-5-6-19-26-23-14-10-21(11-15-23)16-17-24-2/h5-6,8-15,24H,3-4,7,16-19H2,1-2H3/b6-5-. The molecule has 0 atom stereocenters. The summed E-state index contributed by atoms with van der Waals surface area (Å²) in [5.41, 5.74) is 2.69. The van der Waals surface area contributed by atoms with E-state index in [4.69, 9.17) is 9.47 Å². The smallest absolute Gasteiger partial charge is 0.119 e. The summed E-state index contributed by atoms with van der Waals surface area (Å²) in [5, 5.41) is 3.15. The van der Waals surface area contributed by atoms with Gasteiger partial charge in [0, 0.05) is 0 Å². The molecule has 0 aliphatic rings. The third kappa shape index (κ3) is 7.75. The van der Waals surface area contributed by atoms with Gasteiger partial charge in [0.1, 0.15) is 24.7 Å². The Morgan fingerprint density at radius 2 is 1.27 bits per heavy atom. The number of rotatable bonds is 12. The third-order valence-corrected chi connectivity index (χ3v) is 4.19. The van der Waals surface area contributed by atoms with Crippen molar-refractivity contribution < 1.29 is 9.47 Å². The lowest BCUT2D eigenvalue weighted by atomic mass is 10.1. The summed E-state index contributed by atoms with van der Waals surface area (Å²) in [6, 6.07) is 16.7. The van der Waals surface area contributed by atoms with Gasteiger partial charge in [0.25, 0.3) is 0 Å². The van der Waals surface area contributed by atoms with E-state index >= 15 is 0 Å². The number of aryl methyl sites for hydroxylation is 1. The topological polar surface area (TPSA) is 30.5 Å². The largest absolute Gasteiger partial charge is 0.490 e. The summed E-state index contributed by atoms with van der Waals surface area (Å²) in [5.74, 6) is 1.81. The van der Waals surface area contributed by atoms with E-state index in [1.165, 1.54) is 24.0 Å². The molecule has 0 saturated heterocycles. The first-order valence-electron chi connectivity index (χ1n) is 9.55. The van der Waals surface area contributed by atoms with E-state index in [0.717, 1.165) is 30.9 Å². The molecule has 0 saturated carbocycles. The Balaban J connectivity index is 1.63. The predicted molar refractivity (Wildman–Crippen MR) is 109 cm³/mol. The minimum absolute atomic E-state index is 0.551. The highest BCUT2D eigenvalue weighted by Crippen LogP contribution is 2.14. The Kier molecular flexibility index (Phi) is 9.37. The molecule has 0 aliphatic heterocycles. The first-order chi connectivity index (χ1) is 12.8. The third-order valence-electron chi connectivity index (χ3n) is 4.19. The second kappa shape index (κ2) is 12.2. The summed E-state index contributed by atoms with van der Waals surface area (Å²) in [6.07, 6.45) is 8.63. The van der Waals surface area contributed by atoms with Gasteiger partial charge in [-0.1, -0.05) is 37.6 Å². The SMILES string of the molecule is CCCCc1ccc(OC/C=C\COc2ccc(CCNC)cc2)cc1. The van der Waals surface area contributed by atoms with Crippen LogP contribution in [0.2, 0.25) is 0 Å².